The maximum absolute atomic E-state index is 12.8. The summed E-state index contributed by atoms with van der Waals surface area (Å²) in [7, 11) is 1.91. The quantitative estimate of drug-likeness (QED) is 0.939. The molecule has 122 valence electrons. The lowest BCUT2D eigenvalue weighted by molar-refractivity contribution is 0.0743. The molecule has 5 nitrogen and oxygen atoms in total. The van der Waals surface area contributed by atoms with Gasteiger partial charge < -0.3 is 14.8 Å². The summed E-state index contributed by atoms with van der Waals surface area (Å²) in [4.78, 5) is 19.1. The Morgan fingerprint density at radius 3 is 2.91 bits per heavy atom. The van der Waals surface area contributed by atoms with E-state index in [1.807, 2.05) is 50.1 Å². The third kappa shape index (κ3) is 3.15. The van der Waals surface area contributed by atoms with Crippen molar-refractivity contribution >= 4 is 5.91 Å². The summed E-state index contributed by atoms with van der Waals surface area (Å²) < 4.78 is 2.16. The lowest BCUT2D eigenvalue weighted by Crippen LogP contribution is -2.38. The third-order valence-electron chi connectivity index (χ3n) is 4.75. The molecule has 1 atom stereocenters. The molecular weight excluding hydrogens is 288 g/mol. The number of likely N-dealkylation sites (N-methyl/N-ethyl adjacent to an activating group) is 1. The third-order valence-corrected chi connectivity index (χ3v) is 4.75. The number of nitrogens with zero attached hydrogens (tertiary/aromatic N) is 3. The van der Waals surface area contributed by atoms with Crippen LogP contribution >= 0.6 is 0 Å². The van der Waals surface area contributed by atoms with E-state index < -0.39 is 0 Å². The molecule has 1 aliphatic rings. The van der Waals surface area contributed by atoms with E-state index in [4.69, 9.17) is 0 Å². The van der Waals surface area contributed by atoms with Gasteiger partial charge in [-0.15, -0.1) is 0 Å². The number of carbonyl (C=O) groups is 1. The number of hydrogen-bond donors (Lipinski definition) is 1. The predicted molar refractivity (Wildman–Crippen MR) is 90.6 cm³/mol. The summed E-state index contributed by atoms with van der Waals surface area (Å²) in [5, 5.41) is 3.32. The van der Waals surface area contributed by atoms with Crippen molar-refractivity contribution in [2.45, 2.75) is 32.9 Å². The summed E-state index contributed by atoms with van der Waals surface area (Å²) in [5.74, 6) is 0.110. The predicted octanol–water partition coefficient (Wildman–Crippen LogP) is 1.98. The van der Waals surface area contributed by atoms with Gasteiger partial charge in [0.05, 0.1) is 17.8 Å². The Bertz CT molecular complexity index is 687. The van der Waals surface area contributed by atoms with Crippen LogP contribution < -0.4 is 5.32 Å². The largest absolute Gasteiger partial charge is 0.342 e. The highest BCUT2D eigenvalue weighted by Crippen LogP contribution is 2.20. The summed E-state index contributed by atoms with van der Waals surface area (Å²) in [5.41, 5.74) is 3.90. The van der Waals surface area contributed by atoms with E-state index in [1.54, 1.807) is 6.20 Å². The van der Waals surface area contributed by atoms with Gasteiger partial charge in [0.2, 0.25) is 0 Å². The van der Waals surface area contributed by atoms with Crippen molar-refractivity contribution < 1.29 is 4.79 Å². The SMILES string of the molecule is Cc1cc(C(=O)N(C)C2CCNC2)c(C)n1Cc1ccccn1. The molecule has 0 bridgehead atoms. The first kappa shape index (κ1) is 15.7. The smallest absolute Gasteiger partial charge is 0.255 e. The van der Waals surface area contributed by atoms with E-state index in [1.165, 1.54) is 0 Å². The van der Waals surface area contributed by atoms with Crippen LogP contribution in [0.1, 0.15) is 33.9 Å². The second kappa shape index (κ2) is 6.54. The van der Waals surface area contributed by atoms with Crippen molar-refractivity contribution in [2.24, 2.45) is 0 Å². The lowest BCUT2D eigenvalue weighted by Gasteiger charge is -2.23. The summed E-state index contributed by atoms with van der Waals surface area (Å²) in [6.45, 7) is 6.63. The van der Waals surface area contributed by atoms with Crippen LogP contribution in [0.4, 0.5) is 0 Å². The van der Waals surface area contributed by atoms with E-state index in [0.29, 0.717) is 12.6 Å². The van der Waals surface area contributed by atoms with Gasteiger partial charge in [0.15, 0.2) is 0 Å². The van der Waals surface area contributed by atoms with E-state index in [0.717, 1.165) is 42.2 Å². The van der Waals surface area contributed by atoms with Crippen molar-refractivity contribution in [1.82, 2.24) is 19.8 Å². The molecule has 0 aliphatic carbocycles. The molecule has 0 aromatic carbocycles. The molecule has 1 saturated heterocycles. The molecule has 1 unspecified atom stereocenters. The Morgan fingerprint density at radius 1 is 1.43 bits per heavy atom. The number of aromatic nitrogens is 2. The average Bonchev–Trinajstić information content (AvgIpc) is 3.19. The van der Waals surface area contributed by atoms with Gasteiger partial charge in [0, 0.05) is 37.2 Å². The van der Waals surface area contributed by atoms with Crippen LogP contribution in [0.5, 0.6) is 0 Å². The Hall–Kier alpha value is -2.14. The second-order valence-corrected chi connectivity index (χ2v) is 6.25. The summed E-state index contributed by atoms with van der Waals surface area (Å²) >= 11 is 0. The van der Waals surface area contributed by atoms with Crippen molar-refractivity contribution in [3.8, 4) is 0 Å². The number of pyridine rings is 1. The van der Waals surface area contributed by atoms with Gasteiger partial charge in [-0.2, -0.15) is 0 Å². The first-order chi connectivity index (χ1) is 11.1. The van der Waals surface area contributed by atoms with Crippen molar-refractivity contribution in [3.63, 3.8) is 0 Å². The zero-order chi connectivity index (χ0) is 16.4. The standard InChI is InChI=1S/C18H24N4O/c1-13-10-17(18(23)21(3)16-7-9-19-11-16)14(2)22(13)12-15-6-4-5-8-20-15/h4-6,8,10,16,19H,7,9,11-12H2,1-3H3. The van der Waals surface area contributed by atoms with Crippen LogP contribution in [-0.4, -0.2) is 46.5 Å². The van der Waals surface area contributed by atoms with Crippen LogP contribution in [0.2, 0.25) is 0 Å². The fraction of sp³-hybridized carbons (Fsp3) is 0.444. The first-order valence-corrected chi connectivity index (χ1v) is 8.12. The average molecular weight is 312 g/mol. The highest BCUT2D eigenvalue weighted by Gasteiger charge is 2.26. The van der Waals surface area contributed by atoms with Crippen molar-refractivity contribution in [2.75, 3.05) is 20.1 Å². The molecule has 1 fully saturated rings. The van der Waals surface area contributed by atoms with Gasteiger partial charge in [-0.05, 0) is 45.0 Å². The van der Waals surface area contributed by atoms with Gasteiger partial charge in [-0.3, -0.25) is 9.78 Å². The van der Waals surface area contributed by atoms with Gasteiger partial charge in [0.1, 0.15) is 0 Å². The van der Waals surface area contributed by atoms with Crippen LogP contribution in [0.15, 0.2) is 30.5 Å². The number of rotatable bonds is 4. The Morgan fingerprint density at radius 2 is 2.26 bits per heavy atom. The van der Waals surface area contributed by atoms with E-state index >= 15 is 0 Å². The fourth-order valence-corrected chi connectivity index (χ4v) is 3.24. The molecule has 0 saturated carbocycles. The van der Waals surface area contributed by atoms with E-state index in [-0.39, 0.29) is 5.91 Å². The van der Waals surface area contributed by atoms with Crippen LogP contribution in [-0.2, 0) is 6.54 Å². The molecule has 1 aliphatic heterocycles. The molecule has 2 aromatic rings. The molecule has 0 spiro atoms. The molecule has 0 radical (unpaired) electrons. The van der Waals surface area contributed by atoms with Crippen LogP contribution in [0.25, 0.3) is 0 Å². The zero-order valence-corrected chi connectivity index (χ0v) is 14.0. The van der Waals surface area contributed by atoms with Crippen molar-refractivity contribution in [3.05, 3.63) is 53.1 Å². The molecule has 1 N–H and O–H groups in total. The topological polar surface area (TPSA) is 50.2 Å². The molecule has 3 heterocycles. The number of hydrogen-bond acceptors (Lipinski definition) is 3. The number of aryl methyl sites for hydroxylation is 1. The van der Waals surface area contributed by atoms with Crippen molar-refractivity contribution in [1.29, 1.82) is 0 Å². The number of carbonyl (C=O) groups excluding carboxylic acids is 1. The molecule has 1 amide bonds. The minimum absolute atomic E-state index is 0.110. The molecule has 23 heavy (non-hydrogen) atoms. The lowest BCUT2D eigenvalue weighted by atomic mass is 10.1. The summed E-state index contributed by atoms with van der Waals surface area (Å²) in [6, 6.07) is 8.21. The number of nitrogens with one attached hydrogen (secondary N) is 1. The maximum Gasteiger partial charge on any atom is 0.255 e. The Balaban J connectivity index is 1.83. The fourth-order valence-electron chi connectivity index (χ4n) is 3.24. The zero-order valence-electron chi connectivity index (χ0n) is 14.0. The van der Waals surface area contributed by atoms with Gasteiger partial charge in [-0.25, -0.2) is 0 Å². The van der Waals surface area contributed by atoms with Crippen LogP contribution in [0, 0.1) is 13.8 Å². The highest BCUT2D eigenvalue weighted by atomic mass is 16.2. The molecular formula is C18H24N4O. The van der Waals surface area contributed by atoms with Gasteiger partial charge >= 0.3 is 0 Å². The van der Waals surface area contributed by atoms with Gasteiger partial charge in [-0.1, -0.05) is 6.07 Å². The minimum Gasteiger partial charge on any atom is -0.342 e. The first-order valence-electron chi connectivity index (χ1n) is 8.12. The normalized spacial score (nSPS) is 17.4. The Labute approximate surface area is 137 Å². The molecule has 5 heteroatoms. The molecule has 2 aromatic heterocycles. The summed E-state index contributed by atoms with van der Waals surface area (Å²) in [6.07, 6.45) is 2.82. The van der Waals surface area contributed by atoms with E-state index in [2.05, 4.69) is 14.9 Å². The van der Waals surface area contributed by atoms with Crippen LogP contribution in [0.3, 0.4) is 0 Å². The van der Waals surface area contributed by atoms with Gasteiger partial charge in [0.25, 0.3) is 5.91 Å². The maximum atomic E-state index is 12.8. The Kier molecular flexibility index (Phi) is 4.48. The highest BCUT2D eigenvalue weighted by molar-refractivity contribution is 5.95. The monoisotopic (exact) mass is 312 g/mol. The van der Waals surface area contributed by atoms with E-state index in [9.17, 15) is 4.79 Å². The number of amides is 1. The minimum atomic E-state index is 0.110. The second-order valence-electron chi connectivity index (χ2n) is 6.25. The molecule has 3 rings (SSSR count).